The summed E-state index contributed by atoms with van der Waals surface area (Å²) in [6.45, 7) is 8.02. The average Bonchev–Trinajstić information content (AvgIpc) is 3.54. The van der Waals surface area contributed by atoms with Crippen molar-refractivity contribution < 1.29 is 9.15 Å². The minimum Gasteiger partial charge on any atom is -0.485 e. The summed E-state index contributed by atoms with van der Waals surface area (Å²) in [6, 6.07) is 30.8. The molecule has 0 spiro atoms. The summed E-state index contributed by atoms with van der Waals surface area (Å²) in [4.78, 5) is 3.50. The number of fused-ring (bicyclic) bond motifs is 3. The van der Waals surface area contributed by atoms with Crippen molar-refractivity contribution in [2.45, 2.75) is 12.0 Å². The molecule has 39 heavy (non-hydrogen) atoms. The van der Waals surface area contributed by atoms with Crippen LogP contribution < -0.4 is 4.74 Å². The second-order valence-electron chi connectivity index (χ2n) is 9.52. The summed E-state index contributed by atoms with van der Waals surface area (Å²) in [5.74, 6) is 1.06. The van der Waals surface area contributed by atoms with Crippen molar-refractivity contribution in [3.8, 4) is 5.75 Å². The van der Waals surface area contributed by atoms with Gasteiger partial charge in [0.1, 0.15) is 17.4 Å². The molecule has 2 unspecified atom stereocenters. The number of rotatable bonds is 6. The molecule has 190 valence electrons. The Morgan fingerprint density at radius 1 is 0.769 bits per heavy atom. The molecule has 5 aromatic rings. The van der Waals surface area contributed by atoms with Crippen LogP contribution in [-0.4, -0.2) is 11.1 Å². The van der Waals surface area contributed by atoms with Gasteiger partial charge in [0.2, 0.25) is 0 Å². The Bertz CT molecular complexity index is 1800. The molecule has 2 aromatic heterocycles. The maximum absolute atomic E-state index is 6.08. The first-order chi connectivity index (χ1) is 19.2. The second kappa shape index (κ2) is 10.8. The Balaban J connectivity index is 1.35. The summed E-state index contributed by atoms with van der Waals surface area (Å²) in [5, 5.41) is 2.18. The van der Waals surface area contributed by atoms with Crippen molar-refractivity contribution in [2.75, 3.05) is 0 Å². The van der Waals surface area contributed by atoms with Crippen LogP contribution >= 0.6 is 0 Å². The Morgan fingerprint density at radius 2 is 1.62 bits per heavy atom. The minimum atomic E-state index is -0.0683. The van der Waals surface area contributed by atoms with Gasteiger partial charge in [0.15, 0.2) is 0 Å². The van der Waals surface area contributed by atoms with Gasteiger partial charge in [0, 0.05) is 39.0 Å². The third-order valence-electron chi connectivity index (χ3n) is 7.10. The number of benzene rings is 3. The molecular weight excluding hydrogens is 478 g/mol. The molecule has 3 aromatic carbocycles. The van der Waals surface area contributed by atoms with Crippen molar-refractivity contribution in [1.82, 2.24) is 4.98 Å². The lowest BCUT2D eigenvalue weighted by molar-refractivity contribution is 0.271. The topological polar surface area (TPSA) is 38.2 Å². The molecule has 6 rings (SSSR count). The zero-order valence-corrected chi connectivity index (χ0v) is 21.6. The van der Waals surface area contributed by atoms with Crippen LogP contribution in [-0.2, 0) is 0 Å². The molecule has 3 heteroatoms. The number of aromatic nitrogens is 1. The van der Waals surface area contributed by atoms with E-state index < -0.39 is 0 Å². The van der Waals surface area contributed by atoms with Crippen LogP contribution in [0.3, 0.4) is 0 Å². The largest absolute Gasteiger partial charge is 0.485 e. The number of nitrogens with one attached hydrogen (secondary N) is 1. The molecule has 1 aliphatic heterocycles. The summed E-state index contributed by atoms with van der Waals surface area (Å²) < 4.78 is 11.8. The Hall–Kier alpha value is -5.02. The molecule has 0 fully saturated rings. The van der Waals surface area contributed by atoms with E-state index in [0.717, 1.165) is 50.0 Å². The van der Waals surface area contributed by atoms with E-state index in [1.807, 2.05) is 60.7 Å². The normalized spacial score (nSPS) is 16.4. The fourth-order valence-electron chi connectivity index (χ4n) is 5.10. The molecule has 0 radical (unpaired) electrons. The van der Waals surface area contributed by atoms with E-state index in [4.69, 9.17) is 9.15 Å². The third-order valence-corrected chi connectivity index (χ3v) is 7.10. The molecular formula is C36H29NO2. The zero-order valence-electron chi connectivity index (χ0n) is 21.6. The number of para-hydroxylation sites is 2. The first-order valence-electron chi connectivity index (χ1n) is 13.1. The van der Waals surface area contributed by atoms with E-state index in [1.54, 1.807) is 6.26 Å². The van der Waals surface area contributed by atoms with E-state index in [9.17, 15) is 0 Å². The SMILES string of the molecule is C=Cc1[nH]c2ccc(C=CC3c4ccccc4OC3C=C)cc2c1C=Cc1cccoc2ccccc2cc1. The second-order valence-corrected chi connectivity index (χ2v) is 9.52. The number of H-pyrrole nitrogens is 1. The van der Waals surface area contributed by atoms with Gasteiger partial charge in [-0.3, -0.25) is 0 Å². The molecule has 0 saturated heterocycles. The molecule has 2 atom stereocenters. The van der Waals surface area contributed by atoms with Gasteiger partial charge in [-0.1, -0.05) is 104 Å². The minimum absolute atomic E-state index is 0.0683. The quantitative estimate of drug-likeness (QED) is 0.232. The van der Waals surface area contributed by atoms with Crippen LogP contribution in [0.1, 0.15) is 33.9 Å². The third kappa shape index (κ3) is 4.95. The van der Waals surface area contributed by atoms with Crippen molar-refractivity contribution in [2.24, 2.45) is 0 Å². The van der Waals surface area contributed by atoms with Gasteiger partial charge in [0.05, 0.1) is 6.26 Å². The highest BCUT2D eigenvalue weighted by Crippen LogP contribution is 2.39. The molecule has 1 N–H and O–H groups in total. The summed E-state index contributed by atoms with van der Waals surface area (Å²) in [6.07, 6.45) is 14.0. The van der Waals surface area contributed by atoms with Crippen LogP contribution in [0.15, 0.2) is 127 Å². The Morgan fingerprint density at radius 3 is 2.51 bits per heavy atom. The monoisotopic (exact) mass is 507 g/mol. The van der Waals surface area contributed by atoms with E-state index in [1.165, 1.54) is 5.56 Å². The molecule has 0 amide bonds. The maximum atomic E-state index is 6.08. The Kier molecular flexibility index (Phi) is 6.71. The van der Waals surface area contributed by atoms with Crippen LogP contribution in [0, 0.1) is 0 Å². The molecule has 3 nitrogen and oxygen atoms in total. The molecule has 0 bridgehead atoms. The van der Waals surface area contributed by atoms with Crippen molar-refractivity contribution in [3.63, 3.8) is 0 Å². The standard InChI is InChI=1S/C36H29NO2/c1-3-32-28(20-16-25-10-9-23-38-35-13-7-5-11-27(35)19-15-25)31-24-26(18-22-33(31)37-32)17-21-30-29-12-6-8-14-36(29)39-34(30)4-2/h3-24,30,34,37H,1-2H2. The van der Waals surface area contributed by atoms with Gasteiger partial charge in [-0.05, 0) is 47.5 Å². The fraction of sp³-hybridized carbons (Fsp3) is 0.0556. The van der Waals surface area contributed by atoms with Crippen molar-refractivity contribution >= 4 is 46.2 Å². The molecule has 3 heterocycles. The maximum Gasteiger partial charge on any atom is 0.133 e. The van der Waals surface area contributed by atoms with E-state index in [2.05, 4.69) is 84.9 Å². The highest BCUT2D eigenvalue weighted by atomic mass is 16.5. The van der Waals surface area contributed by atoms with Crippen LogP contribution in [0.5, 0.6) is 5.75 Å². The summed E-state index contributed by atoms with van der Waals surface area (Å²) >= 11 is 0. The number of ether oxygens (including phenoxy) is 1. The first-order valence-corrected chi connectivity index (χ1v) is 13.1. The lowest BCUT2D eigenvalue weighted by Gasteiger charge is -2.11. The smallest absolute Gasteiger partial charge is 0.133 e. The number of hydrogen-bond acceptors (Lipinski definition) is 2. The average molecular weight is 508 g/mol. The lowest BCUT2D eigenvalue weighted by Crippen LogP contribution is -2.13. The van der Waals surface area contributed by atoms with Crippen LogP contribution in [0.2, 0.25) is 0 Å². The van der Waals surface area contributed by atoms with Crippen molar-refractivity contribution in [3.05, 3.63) is 151 Å². The Labute approximate surface area is 228 Å². The van der Waals surface area contributed by atoms with Gasteiger partial charge in [-0.15, -0.1) is 0 Å². The van der Waals surface area contributed by atoms with Gasteiger partial charge >= 0.3 is 0 Å². The fourth-order valence-corrected chi connectivity index (χ4v) is 5.10. The first kappa shape index (κ1) is 24.3. The number of aromatic amines is 1. The van der Waals surface area contributed by atoms with Crippen LogP contribution in [0.4, 0.5) is 0 Å². The zero-order chi connectivity index (χ0) is 26.6. The predicted molar refractivity (Wildman–Crippen MR) is 164 cm³/mol. The molecule has 0 saturated carbocycles. The molecule has 0 aliphatic carbocycles. The number of hydrogen-bond donors (Lipinski definition) is 1. The predicted octanol–water partition coefficient (Wildman–Crippen LogP) is 9.60. The highest BCUT2D eigenvalue weighted by molar-refractivity contribution is 5.96. The highest BCUT2D eigenvalue weighted by Gasteiger charge is 2.29. The van der Waals surface area contributed by atoms with Gasteiger partial charge < -0.3 is 14.1 Å². The van der Waals surface area contributed by atoms with E-state index >= 15 is 0 Å². The lowest BCUT2D eigenvalue weighted by atomic mass is 9.94. The van der Waals surface area contributed by atoms with Gasteiger partial charge in [-0.25, -0.2) is 0 Å². The van der Waals surface area contributed by atoms with Gasteiger partial charge in [0.25, 0.3) is 0 Å². The molecule has 1 aliphatic rings. The summed E-state index contributed by atoms with van der Waals surface area (Å²) in [5.41, 5.74) is 7.37. The van der Waals surface area contributed by atoms with Gasteiger partial charge in [-0.2, -0.15) is 0 Å². The van der Waals surface area contributed by atoms with Crippen molar-refractivity contribution in [1.29, 1.82) is 0 Å². The van der Waals surface area contributed by atoms with Crippen LogP contribution in [0.25, 0.3) is 46.2 Å². The van der Waals surface area contributed by atoms with E-state index in [-0.39, 0.29) is 12.0 Å². The van der Waals surface area contributed by atoms with E-state index in [0.29, 0.717) is 0 Å². The summed E-state index contributed by atoms with van der Waals surface area (Å²) in [7, 11) is 0.